The van der Waals surface area contributed by atoms with E-state index in [0.29, 0.717) is 6.07 Å². The monoisotopic (exact) mass is 466 g/mol. The highest BCUT2D eigenvalue weighted by Crippen LogP contribution is 2.44. The third-order valence-electron chi connectivity index (χ3n) is 4.46. The predicted octanol–water partition coefficient (Wildman–Crippen LogP) is 3.82. The summed E-state index contributed by atoms with van der Waals surface area (Å²) in [4.78, 5) is 23.2. The van der Waals surface area contributed by atoms with E-state index in [-0.39, 0.29) is 16.4 Å². The number of carbonyl (C=O) groups excluding carboxylic acids is 1. The number of amidine groups is 1. The summed E-state index contributed by atoms with van der Waals surface area (Å²) < 4.78 is 86.2. The molecule has 6 nitrogen and oxygen atoms in total. The van der Waals surface area contributed by atoms with Crippen molar-refractivity contribution in [2.75, 3.05) is 0 Å². The molecule has 3 heterocycles. The van der Waals surface area contributed by atoms with Gasteiger partial charge < -0.3 is 10.5 Å². The van der Waals surface area contributed by atoms with Crippen LogP contribution < -0.4 is 5.73 Å². The topological polar surface area (TPSA) is 90.5 Å². The lowest BCUT2D eigenvalue weighted by atomic mass is 9.87. The molecule has 0 amide bonds. The lowest BCUT2D eigenvalue weighted by Gasteiger charge is -2.37. The maximum atomic E-state index is 14.5. The molecule has 2 atom stereocenters. The van der Waals surface area contributed by atoms with Gasteiger partial charge in [-0.05, 0) is 24.3 Å². The second-order valence-corrected chi connectivity index (χ2v) is 7.06. The van der Waals surface area contributed by atoms with Crippen LogP contribution in [0.1, 0.15) is 28.3 Å². The number of halogens is 7. The molecule has 13 heteroatoms. The van der Waals surface area contributed by atoms with Crippen LogP contribution >= 0.6 is 11.6 Å². The first-order valence-corrected chi connectivity index (χ1v) is 8.97. The van der Waals surface area contributed by atoms with Gasteiger partial charge in [0, 0.05) is 18.3 Å². The third-order valence-corrected chi connectivity index (χ3v) is 4.69. The van der Waals surface area contributed by atoms with Crippen LogP contribution in [-0.4, -0.2) is 40.5 Å². The molecule has 0 aliphatic carbocycles. The number of alkyl halides is 5. The van der Waals surface area contributed by atoms with Crippen LogP contribution in [0.25, 0.3) is 0 Å². The van der Waals surface area contributed by atoms with Crippen LogP contribution in [0.3, 0.4) is 0 Å². The molecule has 0 fully saturated rings. The minimum Gasteiger partial charge on any atom is -0.452 e. The Balaban J connectivity index is 2.01. The molecular weight excluding hydrogens is 454 g/mol. The number of ketones is 1. The number of hydrogen-bond donors (Lipinski definition) is 1. The summed E-state index contributed by atoms with van der Waals surface area (Å²) in [7, 11) is 0. The van der Waals surface area contributed by atoms with Gasteiger partial charge in [0.2, 0.25) is 0 Å². The lowest BCUT2D eigenvalue weighted by Crippen LogP contribution is -2.50. The Bertz CT molecular complexity index is 1020. The number of aromatic nitrogens is 2. The Morgan fingerprint density at radius 2 is 2.00 bits per heavy atom. The van der Waals surface area contributed by atoms with Crippen molar-refractivity contribution in [3.63, 3.8) is 0 Å². The molecule has 2 aromatic rings. The fourth-order valence-corrected chi connectivity index (χ4v) is 3.10. The van der Waals surface area contributed by atoms with Gasteiger partial charge in [-0.3, -0.25) is 14.8 Å². The zero-order chi connectivity index (χ0) is 23.0. The van der Waals surface area contributed by atoms with Crippen LogP contribution in [0.5, 0.6) is 0 Å². The zero-order valence-corrected chi connectivity index (χ0v) is 16.1. The summed E-state index contributed by atoms with van der Waals surface area (Å²) in [6.45, 7) is 0. The Labute approximate surface area is 176 Å². The lowest BCUT2D eigenvalue weighted by molar-refractivity contribution is -0.213. The molecule has 0 bridgehead atoms. The normalized spacial score (nSPS) is 21.5. The Morgan fingerprint density at radius 1 is 1.29 bits per heavy atom. The standard InChI is InChI=1S/C18H13ClF6N4O2/c19-8-1-4-11(27-7-8)12(30)5-9-2-3-10(20)14(28-9)17(15(21)22)6-13(18(23,24)25)31-16(26)29-17/h1-4,7,13,15H,5-6H2,(H2,26,29)/t13-,17+/m0/s1. The van der Waals surface area contributed by atoms with E-state index in [9.17, 15) is 31.1 Å². The van der Waals surface area contributed by atoms with Gasteiger partial charge in [0.15, 0.2) is 17.4 Å². The average Bonchev–Trinajstić information content (AvgIpc) is 2.68. The van der Waals surface area contributed by atoms with Gasteiger partial charge in [-0.25, -0.2) is 18.2 Å². The van der Waals surface area contributed by atoms with E-state index in [0.717, 1.165) is 6.07 Å². The minimum atomic E-state index is -5.06. The van der Waals surface area contributed by atoms with Crippen LogP contribution in [-0.2, 0) is 16.7 Å². The van der Waals surface area contributed by atoms with Gasteiger partial charge >= 0.3 is 6.18 Å². The number of aliphatic imine (C=N–C) groups is 1. The summed E-state index contributed by atoms with van der Waals surface area (Å²) in [6, 6.07) is 3.29. The summed E-state index contributed by atoms with van der Waals surface area (Å²) in [6.07, 6.45) is -12.1. The van der Waals surface area contributed by atoms with Gasteiger partial charge in [0.05, 0.1) is 11.4 Å². The van der Waals surface area contributed by atoms with Crippen molar-refractivity contribution in [1.82, 2.24) is 9.97 Å². The highest BCUT2D eigenvalue weighted by molar-refractivity contribution is 6.30. The molecule has 0 spiro atoms. The second kappa shape index (κ2) is 8.33. The molecule has 0 saturated carbocycles. The average molecular weight is 467 g/mol. The van der Waals surface area contributed by atoms with E-state index in [1.165, 1.54) is 18.3 Å². The molecule has 2 aromatic heterocycles. The van der Waals surface area contributed by atoms with E-state index in [1.807, 2.05) is 0 Å². The van der Waals surface area contributed by atoms with E-state index in [2.05, 4.69) is 19.7 Å². The van der Waals surface area contributed by atoms with Crippen molar-refractivity contribution >= 4 is 23.4 Å². The molecular formula is C18H13ClF6N4O2. The number of nitrogens with zero attached hydrogens (tertiary/aromatic N) is 3. The zero-order valence-electron chi connectivity index (χ0n) is 15.3. The maximum absolute atomic E-state index is 14.5. The number of nitrogens with two attached hydrogens (primary N) is 1. The highest BCUT2D eigenvalue weighted by atomic mass is 35.5. The van der Waals surface area contributed by atoms with Crippen molar-refractivity contribution in [2.45, 2.75) is 37.1 Å². The maximum Gasteiger partial charge on any atom is 0.425 e. The van der Waals surface area contributed by atoms with Crippen LogP contribution in [0.2, 0.25) is 5.02 Å². The van der Waals surface area contributed by atoms with Gasteiger partial charge in [0.25, 0.3) is 12.4 Å². The SMILES string of the molecule is NC1=N[C@](c2nc(CC(=O)c3ccc(Cl)cn3)ccc2F)(C(F)F)C[C@@H](C(F)(F)F)O1. The molecule has 1 aliphatic rings. The largest absolute Gasteiger partial charge is 0.452 e. The van der Waals surface area contributed by atoms with Gasteiger partial charge in [-0.2, -0.15) is 13.2 Å². The van der Waals surface area contributed by atoms with Crippen molar-refractivity contribution < 1.29 is 35.9 Å². The highest BCUT2D eigenvalue weighted by Gasteiger charge is 2.56. The Hall–Kier alpha value is -2.89. The van der Waals surface area contributed by atoms with E-state index in [4.69, 9.17) is 17.3 Å². The molecule has 31 heavy (non-hydrogen) atoms. The molecule has 3 rings (SSSR count). The van der Waals surface area contributed by atoms with E-state index in [1.54, 1.807) is 0 Å². The molecule has 0 radical (unpaired) electrons. The van der Waals surface area contributed by atoms with Gasteiger partial charge in [0.1, 0.15) is 17.2 Å². The number of Topliss-reactive ketones (excluding diaryl/α,β-unsaturated/α-hetero) is 1. The molecule has 0 aromatic carbocycles. The molecule has 1 aliphatic heterocycles. The Kier molecular flexibility index (Phi) is 6.12. The summed E-state index contributed by atoms with van der Waals surface area (Å²) in [5.41, 5.74) is 0.877. The van der Waals surface area contributed by atoms with Gasteiger partial charge in [-0.15, -0.1) is 0 Å². The van der Waals surface area contributed by atoms with E-state index >= 15 is 0 Å². The fourth-order valence-electron chi connectivity index (χ4n) is 2.99. The van der Waals surface area contributed by atoms with Crippen LogP contribution in [0.15, 0.2) is 35.5 Å². The molecule has 166 valence electrons. The quantitative estimate of drug-likeness (QED) is 0.534. The summed E-state index contributed by atoms with van der Waals surface area (Å²) in [5.74, 6) is -1.93. The summed E-state index contributed by atoms with van der Waals surface area (Å²) >= 11 is 5.69. The minimum absolute atomic E-state index is 0.0221. The van der Waals surface area contributed by atoms with Crippen molar-refractivity contribution in [1.29, 1.82) is 0 Å². The van der Waals surface area contributed by atoms with Crippen LogP contribution in [0, 0.1) is 5.82 Å². The van der Waals surface area contributed by atoms with Crippen molar-refractivity contribution in [3.05, 3.63) is 58.4 Å². The van der Waals surface area contributed by atoms with Gasteiger partial charge in [-0.1, -0.05) is 11.6 Å². The number of carbonyl (C=O) groups is 1. The first-order chi connectivity index (χ1) is 14.4. The first-order valence-electron chi connectivity index (χ1n) is 8.60. The molecule has 0 unspecified atom stereocenters. The third kappa shape index (κ3) is 4.73. The van der Waals surface area contributed by atoms with Crippen molar-refractivity contribution in [3.8, 4) is 0 Å². The number of rotatable bonds is 5. The number of ether oxygens (including phenoxy) is 1. The number of pyridine rings is 2. The second-order valence-electron chi connectivity index (χ2n) is 6.62. The fraction of sp³-hybridized carbons (Fsp3) is 0.333. The summed E-state index contributed by atoms with van der Waals surface area (Å²) in [5, 5.41) is 0.270. The first kappa shape index (κ1) is 22.8. The van der Waals surface area contributed by atoms with Crippen LogP contribution in [0.4, 0.5) is 26.3 Å². The van der Waals surface area contributed by atoms with E-state index < -0.39 is 60.4 Å². The Morgan fingerprint density at radius 3 is 2.58 bits per heavy atom. The smallest absolute Gasteiger partial charge is 0.425 e. The molecule has 0 saturated heterocycles. The van der Waals surface area contributed by atoms with Crippen molar-refractivity contribution in [2.24, 2.45) is 10.7 Å². The number of hydrogen-bond acceptors (Lipinski definition) is 6. The molecule has 2 N–H and O–H groups in total. The predicted molar refractivity (Wildman–Crippen MR) is 96.3 cm³/mol.